The molecule has 1 aromatic heterocycles. The first-order valence-electron chi connectivity index (χ1n) is 5.28. The lowest BCUT2D eigenvalue weighted by atomic mass is 10.3. The van der Waals surface area contributed by atoms with Crippen LogP contribution in [0.4, 0.5) is 5.69 Å². The molecule has 19 heavy (non-hydrogen) atoms. The Kier molecular flexibility index (Phi) is 4.19. The number of nitrogens with zero attached hydrogens (tertiary/aromatic N) is 2. The van der Waals surface area contributed by atoms with Crippen molar-refractivity contribution in [2.45, 2.75) is 5.03 Å². The van der Waals surface area contributed by atoms with Gasteiger partial charge in [-0.25, -0.2) is 4.98 Å². The van der Waals surface area contributed by atoms with E-state index in [0.29, 0.717) is 11.5 Å². The molecule has 0 aliphatic heterocycles. The van der Waals surface area contributed by atoms with E-state index < -0.39 is 4.92 Å². The first kappa shape index (κ1) is 13.2. The molecule has 0 radical (unpaired) electrons. The summed E-state index contributed by atoms with van der Waals surface area (Å²) in [6.07, 6.45) is 1.48. The summed E-state index contributed by atoms with van der Waals surface area (Å²) in [5.41, 5.74) is -0.0824. The molecule has 0 N–H and O–H groups in total. The van der Waals surface area contributed by atoms with Gasteiger partial charge in [0.25, 0.3) is 0 Å². The summed E-state index contributed by atoms with van der Waals surface area (Å²) >= 11 is 0.848. The van der Waals surface area contributed by atoms with E-state index in [0.717, 1.165) is 12.0 Å². The Hall–Kier alpha value is -2.28. The van der Waals surface area contributed by atoms with Crippen molar-refractivity contribution in [3.05, 3.63) is 52.7 Å². The average Bonchev–Trinajstić information content (AvgIpc) is 2.46. The monoisotopic (exact) mass is 278 g/mol. The van der Waals surface area contributed by atoms with E-state index in [-0.39, 0.29) is 10.7 Å². The number of rotatable bonds is 5. The molecule has 1 aromatic carbocycles. The summed E-state index contributed by atoms with van der Waals surface area (Å²) in [5.74, 6) is 1.27. The molecule has 7 heteroatoms. The quantitative estimate of drug-likeness (QED) is 0.475. The molecular formula is C12H10N2O4S. The Morgan fingerprint density at radius 2 is 1.89 bits per heavy atom. The number of benzene rings is 1. The van der Waals surface area contributed by atoms with Crippen molar-refractivity contribution in [2.75, 3.05) is 7.11 Å². The van der Waals surface area contributed by atoms with E-state index >= 15 is 0 Å². The fraction of sp³-hybridized carbons (Fsp3) is 0.0833. The fourth-order valence-electron chi connectivity index (χ4n) is 1.30. The van der Waals surface area contributed by atoms with Crippen LogP contribution in [0.5, 0.6) is 11.5 Å². The van der Waals surface area contributed by atoms with E-state index in [2.05, 4.69) is 4.98 Å². The molecule has 1 heterocycles. The van der Waals surface area contributed by atoms with E-state index in [1.54, 1.807) is 31.4 Å². The molecule has 0 fully saturated rings. The van der Waals surface area contributed by atoms with Crippen molar-refractivity contribution in [3.8, 4) is 11.5 Å². The number of hydrogen-bond acceptors (Lipinski definition) is 6. The first-order chi connectivity index (χ1) is 9.20. The zero-order chi connectivity index (χ0) is 13.7. The third-order valence-corrected chi connectivity index (χ3v) is 2.97. The number of aromatic nitrogens is 1. The Morgan fingerprint density at radius 1 is 1.21 bits per heavy atom. The number of nitro groups is 1. The molecule has 6 nitrogen and oxygen atoms in total. The predicted molar refractivity (Wildman–Crippen MR) is 70.4 cm³/mol. The van der Waals surface area contributed by atoms with Gasteiger partial charge in [-0.15, -0.1) is 0 Å². The third-order valence-electron chi connectivity index (χ3n) is 2.22. The maximum absolute atomic E-state index is 10.8. The molecule has 98 valence electrons. The van der Waals surface area contributed by atoms with Crippen molar-refractivity contribution in [3.63, 3.8) is 0 Å². The highest BCUT2D eigenvalue weighted by atomic mass is 32.2. The van der Waals surface area contributed by atoms with E-state index in [4.69, 9.17) is 8.92 Å². The molecule has 0 amide bonds. The van der Waals surface area contributed by atoms with Crippen LogP contribution in [-0.4, -0.2) is 17.0 Å². The van der Waals surface area contributed by atoms with Gasteiger partial charge in [-0.2, -0.15) is 0 Å². The highest BCUT2D eigenvalue weighted by Gasteiger charge is 2.16. The van der Waals surface area contributed by atoms with Crippen LogP contribution in [0.15, 0.2) is 47.6 Å². The summed E-state index contributed by atoms with van der Waals surface area (Å²) in [4.78, 5) is 14.2. The maximum atomic E-state index is 10.8. The zero-order valence-electron chi connectivity index (χ0n) is 9.98. The smallest absolute Gasteiger partial charge is 0.304 e. The fourth-order valence-corrected chi connectivity index (χ4v) is 1.92. The van der Waals surface area contributed by atoms with E-state index in [1.165, 1.54) is 18.3 Å². The van der Waals surface area contributed by atoms with Gasteiger partial charge in [-0.3, -0.25) is 10.1 Å². The lowest BCUT2D eigenvalue weighted by molar-refractivity contribution is -0.388. The van der Waals surface area contributed by atoms with Crippen molar-refractivity contribution in [1.82, 2.24) is 4.98 Å². The largest absolute Gasteiger partial charge is 0.497 e. The Labute approximate surface area is 113 Å². The van der Waals surface area contributed by atoms with Crippen LogP contribution < -0.4 is 8.92 Å². The molecule has 2 rings (SSSR count). The standard InChI is InChI=1S/C12H10N2O4S/c1-17-9-4-6-10(7-5-9)18-19-12-11(14(15)16)3-2-8-13-12/h2-8H,1H3. The van der Waals surface area contributed by atoms with Crippen LogP contribution in [0.2, 0.25) is 0 Å². The van der Waals surface area contributed by atoms with Gasteiger partial charge >= 0.3 is 5.69 Å². The minimum Gasteiger partial charge on any atom is -0.497 e. The molecule has 0 aliphatic rings. The van der Waals surface area contributed by atoms with Crippen LogP contribution in [-0.2, 0) is 0 Å². The molecule has 0 atom stereocenters. The molecule has 0 saturated heterocycles. The summed E-state index contributed by atoms with van der Waals surface area (Å²) < 4.78 is 10.4. The van der Waals surface area contributed by atoms with Gasteiger partial charge in [0.05, 0.1) is 12.0 Å². The van der Waals surface area contributed by atoms with Crippen molar-refractivity contribution in [1.29, 1.82) is 0 Å². The second-order valence-electron chi connectivity index (χ2n) is 3.43. The van der Waals surface area contributed by atoms with Gasteiger partial charge in [0.1, 0.15) is 23.5 Å². The van der Waals surface area contributed by atoms with Crippen molar-refractivity contribution >= 4 is 17.7 Å². The van der Waals surface area contributed by atoms with E-state index in [1.807, 2.05) is 0 Å². The van der Waals surface area contributed by atoms with Crippen LogP contribution >= 0.6 is 12.0 Å². The lowest BCUT2D eigenvalue weighted by Crippen LogP contribution is -1.94. The highest BCUT2D eigenvalue weighted by Crippen LogP contribution is 2.29. The molecule has 0 saturated carbocycles. The normalized spacial score (nSPS) is 9.95. The van der Waals surface area contributed by atoms with Crippen molar-refractivity contribution in [2.24, 2.45) is 0 Å². The van der Waals surface area contributed by atoms with Crippen LogP contribution in [0, 0.1) is 10.1 Å². The van der Waals surface area contributed by atoms with Crippen LogP contribution in [0.25, 0.3) is 0 Å². The molecule has 0 aliphatic carbocycles. The van der Waals surface area contributed by atoms with Crippen molar-refractivity contribution < 1.29 is 13.8 Å². The van der Waals surface area contributed by atoms with Gasteiger partial charge in [-0.1, -0.05) is 0 Å². The summed E-state index contributed by atoms with van der Waals surface area (Å²) in [7, 11) is 1.57. The number of methoxy groups -OCH3 is 1. The van der Waals surface area contributed by atoms with Gasteiger partial charge < -0.3 is 8.92 Å². The number of pyridine rings is 1. The van der Waals surface area contributed by atoms with Crippen LogP contribution in [0.1, 0.15) is 0 Å². The summed E-state index contributed by atoms with van der Waals surface area (Å²) in [5, 5.41) is 11.0. The summed E-state index contributed by atoms with van der Waals surface area (Å²) in [6, 6.07) is 9.79. The van der Waals surface area contributed by atoms with Gasteiger partial charge in [-0.05, 0) is 30.3 Å². The number of hydrogen-bond donors (Lipinski definition) is 0. The van der Waals surface area contributed by atoms with Crippen LogP contribution in [0.3, 0.4) is 0 Å². The van der Waals surface area contributed by atoms with Gasteiger partial charge in [0, 0.05) is 12.3 Å². The molecular weight excluding hydrogens is 268 g/mol. The molecule has 0 spiro atoms. The highest BCUT2D eigenvalue weighted by molar-refractivity contribution is 7.95. The predicted octanol–water partition coefficient (Wildman–Crippen LogP) is 3.08. The average molecular weight is 278 g/mol. The summed E-state index contributed by atoms with van der Waals surface area (Å²) in [6.45, 7) is 0. The molecule has 0 bridgehead atoms. The maximum Gasteiger partial charge on any atom is 0.304 e. The minimum absolute atomic E-state index is 0.0824. The van der Waals surface area contributed by atoms with Gasteiger partial charge in [0.2, 0.25) is 5.03 Å². The lowest BCUT2D eigenvalue weighted by Gasteiger charge is -2.04. The SMILES string of the molecule is COc1ccc(OSc2ncccc2[N+](=O)[O-])cc1. The topological polar surface area (TPSA) is 74.5 Å². The minimum atomic E-state index is -0.493. The third kappa shape index (κ3) is 3.35. The second kappa shape index (κ2) is 6.05. The first-order valence-corrected chi connectivity index (χ1v) is 6.03. The Morgan fingerprint density at radius 3 is 2.53 bits per heavy atom. The zero-order valence-corrected chi connectivity index (χ0v) is 10.8. The Balaban J connectivity index is 2.07. The molecule has 0 unspecified atom stereocenters. The van der Waals surface area contributed by atoms with Gasteiger partial charge in [0.15, 0.2) is 0 Å². The molecule has 2 aromatic rings. The van der Waals surface area contributed by atoms with E-state index in [9.17, 15) is 10.1 Å². The second-order valence-corrected chi connectivity index (χ2v) is 4.15. The Bertz CT molecular complexity index is 574. The number of ether oxygens (including phenoxy) is 1.